The molecular weight excluding hydrogens is 899 g/mol. The van der Waals surface area contributed by atoms with E-state index in [1.807, 2.05) is 6.08 Å². The van der Waals surface area contributed by atoms with Crippen molar-refractivity contribution in [1.29, 1.82) is 0 Å². The monoisotopic (exact) mass is 1030 g/mol. The van der Waals surface area contributed by atoms with Crippen molar-refractivity contribution in [2.75, 3.05) is 13.2 Å². The standard InChI is InChI=1S/C67H127NO5/c1-3-5-7-9-11-13-15-17-32-37-41-45-49-53-57-61-67(72)73-62-58-54-50-46-42-38-34-31-29-27-25-23-21-19-18-20-22-24-26-28-30-33-36-40-44-48-52-56-60-66(71)68-64(63-69)65(70)59-55-51-47-43-39-35-16-14-12-10-8-6-4-2/h11,13,17,32,55,59,64-65,69-70H,3-10,12,14-16,18-31,33-54,56-58,60-63H2,1-2H3,(H,68,71)/b13-11-,32-17-,59-55+/t64-,65+/m0/s1. The quantitative estimate of drug-likeness (QED) is 0.0320. The first-order chi connectivity index (χ1) is 36.0. The molecule has 0 aliphatic rings. The van der Waals surface area contributed by atoms with Gasteiger partial charge in [-0.3, -0.25) is 9.59 Å². The fraction of sp³-hybridized carbons (Fsp3) is 0.881. The third-order valence-corrected chi connectivity index (χ3v) is 15.2. The van der Waals surface area contributed by atoms with E-state index in [1.54, 1.807) is 6.08 Å². The Bertz CT molecular complexity index is 1180. The Hall–Kier alpha value is -1.92. The molecule has 0 fully saturated rings. The van der Waals surface area contributed by atoms with Crippen molar-refractivity contribution in [3.8, 4) is 0 Å². The summed E-state index contributed by atoms with van der Waals surface area (Å²) in [5.41, 5.74) is 0. The Balaban J connectivity index is 3.35. The molecule has 0 saturated heterocycles. The topological polar surface area (TPSA) is 95.9 Å². The van der Waals surface area contributed by atoms with Gasteiger partial charge in [-0.05, 0) is 64.2 Å². The lowest BCUT2D eigenvalue weighted by Gasteiger charge is -2.20. The molecule has 0 rings (SSSR count). The molecule has 0 aliphatic carbocycles. The molecule has 0 aromatic heterocycles. The Kier molecular flexibility index (Phi) is 61.0. The van der Waals surface area contributed by atoms with Crippen LogP contribution in [0, 0.1) is 0 Å². The van der Waals surface area contributed by atoms with Gasteiger partial charge >= 0.3 is 5.97 Å². The normalized spacial score (nSPS) is 12.8. The molecule has 0 aromatic rings. The predicted octanol–water partition coefficient (Wildman–Crippen LogP) is 20.8. The van der Waals surface area contributed by atoms with Gasteiger partial charge < -0.3 is 20.3 Å². The predicted molar refractivity (Wildman–Crippen MR) is 319 cm³/mol. The molecule has 3 N–H and O–H groups in total. The van der Waals surface area contributed by atoms with Crippen LogP contribution in [0.5, 0.6) is 0 Å². The van der Waals surface area contributed by atoms with Crippen LogP contribution in [0.15, 0.2) is 36.5 Å². The second-order valence-corrected chi connectivity index (χ2v) is 22.5. The summed E-state index contributed by atoms with van der Waals surface area (Å²) in [6.07, 6.45) is 79.2. The fourth-order valence-electron chi connectivity index (χ4n) is 10.1. The number of carbonyl (C=O) groups is 2. The van der Waals surface area contributed by atoms with Gasteiger partial charge in [0.05, 0.1) is 25.4 Å². The number of amides is 1. The summed E-state index contributed by atoms with van der Waals surface area (Å²) in [7, 11) is 0. The minimum absolute atomic E-state index is 0.00445. The maximum absolute atomic E-state index is 12.5. The largest absolute Gasteiger partial charge is 0.466 e. The number of unbranched alkanes of at least 4 members (excludes halogenated alkanes) is 46. The van der Waals surface area contributed by atoms with Crippen LogP contribution in [0.1, 0.15) is 354 Å². The van der Waals surface area contributed by atoms with E-state index < -0.39 is 12.1 Å². The fourth-order valence-corrected chi connectivity index (χ4v) is 10.1. The van der Waals surface area contributed by atoms with Gasteiger partial charge in [-0.2, -0.15) is 0 Å². The number of hydrogen-bond acceptors (Lipinski definition) is 5. The number of esters is 1. The molecule has 0 heterocycles. The van der Waals surface area contributed by atoms with Crippen molar-refractivity contribution >= 4 is 11.9 Å². The number of ether oxygens (including phenoxy) is 1. The van der Waals surface area contributed by atoms with E-state index in [9.17, 15) is 19.8 Å². The molecule has 0 aromatic carbocycles. The zero-order chi connectivity index (χ0) is 52.9. The Morgan fingerprint density at radius 1 is 0.384 bits per heavy atom. The smallest absolute Gasteiger partial charge is 0.305 e. The number of allylic oxidation sites excluding steroid dienone is 5. The van der Waals surface area contributed by atoms with Crippen molar-refractivity contribution in [3.05, 3.63) is 36.5 Å². The van der Waals surface area contributed by atoms with Crippen LogP contribution in [0.4, 0.5) is 0 Å². The van der Waals surface area contributed by atoms with Crippen molar-refractivity contribution in [3.63, 3.8) is 0 Å². The highest BCUT2D eigenvalue weighted by Crippen LogP contribution is 2.18. The molecule has 2 atom stereocenters. The third-order valence-electron chi connectivity index (χ3n) is 15.2. The molecule has 1 amide bonds. The second kappa shape index (κ2) is 62.6. The molecule has 0 unspecified atom stereocenters. The highest BCUT2D eigenvalue weighted by atomic mass is 16.5. The Labute approximate surface area is 455 Å². The summed E-state index contributed by atoms with van der Waals surface area (Å²) in [4.78, 5) is 24.5. The first kappa shape index (κ1) is 71.1. The van der Waals surface area contributed by atoms with Gasteiger partial charge in [-0.25, -0.2) is 0 Å². The van der Waals surface area contributed by atoms with Crippen molar-refractivity contribution in [2.45, 2.75) is 366 Å². The van der Waals surface area contributed by atoms with Gasteiger partial charge in [-0.1, -0.05) is 314 Å². The van der Waals surface area contributed by atoms with Gasteiger partial charge in [0.25, 0.3) is 0 Å². The summed E-state index contributed by atoms with van der Waals surface area (Å²) in [5, 5.41) is 23.1. The van der Waals surface area contributed by atoms with Gasteiger partial charge in [0.15, 0.2) is 0 Å². The Morgan fingerprint density at radius 2 is 0.685 bits per heavy atom. The SMILES string of the molecule is CCCCC/C=C\C/C=C\CCCCCCCC(=O)OCCCCCCCCCCCCCCCCCCCCCCCCCCCCCCC(=O)N[C@@H](CO)[C@H](O)/C=C/CCCCCCCCCCCCC. The lowest BCUT2D eigenvalue weighted by atomic mass is 10.0. The highest BCUT2D eigenvalue weighted by Gasteiger charge is 2.18. The minimum atomic E-state index is -0.841. The van der Waals surface area contributed by atoms with Crippen LogP contribution in [-0.2, 0) is 14.3 Å². The lowest BCUT2D eigenvalue weighted by molar-refractivity contribution is -0.143. The molecule has 0 aliphatic heterocycles. The van der Waals surface area contributed by atoms with Gasteiger partial charge in [0.2, 0.25) is 5.91 Å². The molecule has 0 bridgehead atoms. The Morgan fingerprint density at radius 3 is 1.07 bits per heavy atom. The van der Waals surface area contributed by atoms with Crippen molar-refractivity contribution in [1.82, 2.24) is 5.32 Å². The molecule has 73 heavy (non-hydrogen) atoms. The lowest BCUT2D eigenvalue weighted by Crippen LogP contribution is -2.45. The average molecular weight is 1030 g/mol. The van der Waals surface area contributed by atoms with Crippen LogP contribution in [-0.4, -0.2) is 47.4 Å². The van der Waals surface area contributed by atoms with Crippen LogP contribution in [0.3, 0.4) is 0 Å². The second-order valence-electron chi connectivity index (χ2n) is 22.5. The number of aliphatic hydroxyl groups is 2. The summed E-state index contributed by atoms with van der Waals surface area (Å²) in [6, 6.07) is -0.625. The van der Waals surface area contributed by atoms with E-state index in [2.05, 4.69) is 43.5 Å². The summed E-state index contributed by atoms with van der Waals surface area (Å²) < 4.78 is 5.48. The number of rotatable bonds is 61. The van der Waals surface area contributed by atoms with E-state index in [0.29, 0.717) is 19.4 Å². The van der Waals surface area contributed by atoms with Crippen molar-refractivity contribution in [2.24, 2.45) is 0 Å². The van der Waals surface area contributed by atoms with Gasteiger partial charge in [0, 0.05) is 12.8 Å². The number of carbonyl (C=O) groups excluding carboxylic acids is 2. The molecule has 0 radical (unpaired) electrons. The summed E-state index contributed by atoms with van der Waals surface area (Å²) >= 11 is 0. The van der Waals surface area contributed by atoms with Crippen molar-refractivity contribution < 1.29 is 24.5 Å². The van der Waals surface area contributed by atoms with Gasteiger partial charge in [-0.15, -0.1) is 0 Å². The van der Waals surface area contributed by atoms with E-state index in [-0.39, 0.29) is 18.5 Å². The van der Waals surface area contributed by atoms with E-state index in [0.717, 1.165) is 51.4 Å². The molecule has 6 heteroatoms. The van der Waals surface area contributed by atoms with Gasteiger partial charge in [0.1, 0.15) is 0 Å². The van der Waals surface area contributed by atoms with Crippen LogP contribution >= 0.6 is 0 Å². The summed E-state index contributed by atoms with van der Waals surface area (Å²) in [6.45, 7) is 4.89. The first-order valence-electron chi connectivity index (χ1n) is 32.8. The number of aliphatic hydroxyl groups excluding tert-OH is 2. The molecule has 0 saturated carbocycles. The van der Waals surface area contributed by atoms with E-state index in [1.165, 1.54) is 276 Å². The maximum Gasteiger partial charge on any atom is 0.305 e. The molecule has 6 nitrogen and oxygen atoms in total. The van der Waals surface area contributed by atoms with Crippen LogP contribution in [0.2, 0.25) is 0 Å². The first-order valence-corrected chi connectivity index (χ1v) is 32.8. The van der Waals surface area contributed by atoms with Crippen LogP contribution < -0.4 is 5.32 Å². The van der Waals surface area contributed by atoms with E-state index >= 15 is 0 Å². The average Bonchev–Trinajstić information content (AvgIpc) is 3.39. The zero-order valence-corrected chi connectivity index (χ0v) is 49.1. The molecule has 430 valence electrons. The minimum Gasteiger partial charge on any atom is -0.466 e. The zero-order valence-electron chi connectivity index (χ0n) is 49.1. The van der Waals surface area contributed by atoms with E-state index in [4.69, 9.17) is 4.74 Å². The number of hydrogen-bond donors (Lipinski definition) is 3. The summed E-state index contributed by atoms with van der Waals surface area (Å²) in [5.74, 6) is -0.0597. The van der Waals surface area contributed by atoms with Crippen LogP contribution in [0.25, 0.3) is 0 Å². The number of nitrogens with one attached hydrogen (secondary N) is 1. The molecule has 0 spiro atoms. The highest BCUT2D eigenvalue weighted by molar-refractivity contribution is 5.76. The maximum atomic E-state index is 12.5. The molecular formula is C67H127NO5. The third kappa shape index (κ3) is 59.2.